The maximum absolute atomic E-state index is 5.19. The van der Waals surface area contributed by atoms with Gasteiger partial charge in [-0.2, -0.15) is 0 Å². The lowest BCUT2D eigenvalue weighted by Crippen LogP contribution is -2.57. The summed E-state index contributed by atoms with van der Waals surface area (Å²) in [4.78, 5) is 8.08. The van der Waals surface area contributed by atoms with E-state index in [4.69, 9.17) is 13.3 Å². The van der Waals surface area contributed by atoms with Crippen molar-refractivity contribution in [2.45, 2.75) is 0 Å². The molecule has 0 aromatic carbocycles. The molecule has 0 saturated carbocycles. The van der Waals surface area contributed by atoms with Crippen LogP contribution in [0.25, 0.3) is 0 Å². The van der Waals surface area contributed by atoms with Gasteiger partial charge in [0.25, 0.3) is 0 Å². The summed E-state index contributed by atoms with van der Waals surface area (Å²) in [6.07, 6.45) is 3.25. The van der Waals surface area contributed by atoms with Gasteiger partial charge >= 0.3 is 8.80 Å². The van der Waals surface area contributed by atoms with E-state index in [1.165, 1.54) is 21.3 Å². The fourth-order valence-electron chi connectivity index (χ4n) is 0.981. The third-order valence-corrected chi connectivity index (χ3v) is 4.06. The van der Waals surface area contributed by atoms with E-state index in [9.17, 15) is 0 Å². The highest BCUT2D eigenvalue weighted by Gasteiger charge is 2.44. The molecule has 0 bridgehead atoms. The summed E-state index contributed by atoms with van der Waals surface area (Å²) in [5, 5.41) is 0. The van der Waals surface area contributed by atoms with Crippen LogP contribution in [0.2, 0.25) is 0 Å². The Bertz CT molecular complexity index is 245. The van der Waals surface area contributed by atoms with E-state index in [1.54, 1.807) is 18.5 Å². The predicted molar refractivity (Wildman–Crippen MR) is 48.4 cm³/mol. The molecule has 0 aliphatic rings. The molecule has 1 rings (SSSR count). The maximum Gasteiger partial charge on any atom is 0.575 e. The summed E-state index contributed by atoms with van der Waals surface area (Å²) < 4.78 is 15.6. The van der Waals surface area contributed by atoms with Gasteiger partial charge in [0.15, 0.2) is 5.45 Å². The third kappa shape index (κ3) is 1.91. The Hall–Kier alpha value is -0.823. The van der Waals surface area contributed by atoms with Gasteiger partial charge in [-0.25, -0.2) is 9.97 Å². The van der Waals surface area contributed by atoms with E-state index in [2.05, 4.69) is 9.97 Å². The van der Waals surface area contributed by atoms with Crippen LogP contribution in [0, 0.1) is 0 Å². The number of hydrogen-bond acceptors (Lipinski definition) is 5. The molecule has 0 aliphatic carbocycles. The SMILES string of the molecule is CO[Si](OC)(OC)c1ncccn1. The summed E-state index contributed by atoms with van der Waals surface area (Å²) in [5.74, 6) is 0. The predicted octanol–water partition coefficient (Wildman–Crippen LogP) is -0.438. The first kappa shape index (κ1) is 10.3. The summed E-state index contributed by atoms with van der Waals surface area (Å²) in [5.41, 5.74) is 0.475. The fourth-order valence-corrected chi connectivity index (χ4v) is 2.49. The first-order valence-corrected chi connectivity index (χ1v) is 5.44. The van der Waals surface area contributed by atoms with Gasteiger partial charge in [0, 0.05) is 33.7 Å². The second-order valence-corrected chi connectivity index (χ2v) is 5.03. The Morgan fingerprint density at radius 2 is 1.46 bits per heavy atom. The molecule has 6 heteroatoms. The second kappa shape index (κ2) is 4.42. The van der Waals surface area contributed by atoms with Crippen molar-refractivity contribution in [1.29, 1.82) is 0 Å². The Balaban J connectivity index is 3.01. The van der Waals surface area contributed by atoms with E-state index in [1.807, 2.05) is 0 Å². The fraction of sp³-hybridized carbons (Fsp3) is 0.429. The van der Waals surface area contributed by atoms with Gasteiger partial charge in [-0.1, -0.05) is 0 Å². The van der Waals surface area contributed by atoms with Gasteiger partial charge in [-0.05, 0) is 6.07 Å². The van der Waals surface area contributed by atoms with Crippen molar-refractivity contribution in [3.05, 3.63) is 18.5 Å². The Kier molecular flexibility index (Phi) is 3.49. The van der Waals surface area contributed by atoms with Crippen LogP contribution in [0.5, 0.6) is 0 Å². The van der Waals surface area contributed by atoms with Crippen LogP contribution >= 0.6 is 0 Å². The lowest BCUT2D eigenvalue weighted by atomic mass is 10.7. The molecule has 0 atom stereocenters. The summed E-state index contributed by atoms with van der Waals surface area (Å²) in [6, 6.07) is 1.73. The van der Waals surface area contributed by atoms with Crippen LogP contribution in [-0.2, 0) is 13.3 Å². The minimum atomic E-state index is -2.82. The van der Waals surface area contributed by atoms with E-state index in [0.717, 1.165) is 0 Å². The van der Waals surface area contributed by atoms with Crippen molar-refractivity contribution < 1.29 is 13.3 Å². The van der Waals surface area contributed by atoms with Gasteiger partial charge in [0.05, 0.1) is 0 Å². The standard InChI is InChI=1S/C7H12N2O3Si/c1-10-13(11-2,12-3)7-8-5-4-6-9-7/h4-6H,1-3H3. The monoisotopic (exact) mass is 200 g/mol. The van der Waals surface area contributed by atoms with Crippen molar-refractivity contribution >= 4 is 14.3 Å². The lowest BCUT2D eigenvalue weighted by molar-refractivity contribution is 0.138. The zero-order valence-electron chi connectivity index (χ0n) is 7.85. The first-order valence-electron chi connectivity index (χ1n) is 3.72. The number of nitrogens with zero attached hydrogens (tertiary/aromatic N) is 2. The highest BCUT2D eigenvalue weighted by atomic mass is 28.4. The molecule has 72 valence electrons. The van der Waals surface area contributed by atoms with Crippen LogP contribution in [0.15, 0.2) is 18.5 Å². The minimum absolute atomic E-state index is 0.475. The third-order valence-electron chi connectivity index (χ3n) is 1.65. The molecular formula is C7H12N2O3Si. The molecule has 1 aromatic rings. The second-order valence-electron chi connectivity index (χ2n) is 2.24. The molecule has 0 radical (unpaired) electrons. The van der Waals surface area contributed by atoms with Gasteiger partial charge in [-0.15, -0.1) is 0 Å². The number of aromatic nitrogens is 2. The van der Waals surface area contributed by atoms with Gasteiger partial charge < -0.3 is 13.3 Å². The first-order chi connectivity index (χ1) is 6.29. The van der Waals surface area contributed by atoms with E-state index < -0.39 is 8.80 Å². The van der Waals surface area contributed by atoms with E-state index in [0.29, 0.717) is 5.45 Å². The molecule has 13 heavy (non-hydrogen) atoms. The molecule has 0 N–H and O–H groups in total. The Morgan fingerprint density at radius 3 is 1.85 bits per heavy atom. The summed E-state index contributed by atoms with van der Waals surface area (Å²) in [6.45, 7) is 0. The number of rotatable bonds is 4. The maximum atomic E-state index is 5.19. The normalized spacial score (nSPS) is 11.6. The molecule has 0 spiro atoms. The highest BCUT2D eigenvalue weighted by Crippen LogP contribution is 2.02. The molecule has 0 amide bonds. The van der Waals surface area contributed by atoms with Gasteiger partial charge in [-0.3, -0.25) is 0 Å². The van der Waals surface area contributed by atoms with Crippen LogP contribution in [0.3, 0.4) is 0 Å². The molecule has 1 aromatic heterocycles. The van der Waals surface area contributed by atoms with Crippen LogP contribution in [-0.4, -0.2) is 40.1 Å². The quantitative estimate of drug-likeness (QED) is 0.617. The zero-order chi connectivity index (χ0) is 9.73. The molecule has 5 nitrogen and oxygen atoms in total. The Labute approximate surface area is 78.1 Å². The molecule has 0 unspecified atom stereocenters. The van der Waals surface area contributed by atoms with Crippen molar-refractivity contribution in [1.82, 2.24) is 9.97 Å². The minimum Gasteiger partial charge on any atom is -0.372 e. The summed E-state index contributed by atoms with van der Waals surface area (Å²) >= 11 is 0. The lowest BCUT2D eigenvalue weighted by Gasteiger charge is -2.21. The smallest absolute Gasteiger partial charge is 0.372 e. The highest BCUT2D eigenvalue weighted by molar-refractivity contribution is 6.73. The average molecular weight is 200 g/mol. The molecule has 0 fully saturated rings. The van der Waals surface area contributed by atoms with Gasteiger partial charge in [0.1, 0.15) is 0 Å². The largest absolute Gasteiger partial charge is 0.575 e. The summed E-state index contributed by atoms with van der Waals surface area (Å²) in [7, 11) is 1.75. The molecule has 0 aliphatic heterocycles. The molecule has 0 saturated heterocycles. The zero-order valence-corrected chi connectivity index (χ0v) is 8.85. The van der Waals surface area contributed by atoms with Crippen molar-refractivity contribution in [2.75, 3.05) is 21.3 Å². The van der Waals surface area contributed by atoms with Crippen LogP contribution in [0.1, 0.15) is 0 Å². The van der Waals surface area contributed by atoms with Crippen molar-refractivity contribution in [3.8, 4) is 0 Å². The van der Waals surface area contributed by atoms with Gasteiger partial charge in [0.2, 0.25) is 0 Å². The number of hydrogen-bond donors (Lipinski definition) is 0. The van der Waals surface area contributed by atoms with Crippen LogP contribution in [0.4, 0.5) is 0 Å². The van der Waals surface area contributed by atoms with Crippen LogP contribution < -0.4 is 5.45 Å². The van der Waals surface area contributed by atoms with E-state index >= 15 is 0 Å². The van der Waals surface area contributed by atoms with Crippen molar-refractivity contribution in [3.63, 3.8) is 0 Å². The van der Waals surface area contributed by atoms with E-state index in [-0.39, 0.29) is 0 Å². The average Bonchev–Trinajstić information content (AvgIpc) is 2.23. The van der Waals surface area contributed by atoms with Crippen molar-refractivity contribution in [2.24, 2.45) is 0 Å². The Morgan fingerprint density at radius 1 is 1.00 bits per heavy atom. The molecule has 1 heterocycles. The molecular weight excluding hydrogens is 188 g/mol. The topological polar surface area (TPSA) is 53.5 Å².